The summed E-state index contributed by atoms with van der Waals surface area (Å²) in [7, 11) is 0. The maximum atomic E-state index is 12.6. The molecule has 2 heterocycles. The van der Waals surface area contributed by atoms with E-state index in [4.69, 9.17) is 22.1 Å². The van der Waals surface area contributed by atoms with E-state index >= 15 is 0 Å². The third-order valence-corrected chi connectivity index (χ3v) is 3.41. The number of anilines is 1. The van der Waals surface area contributed by atoms with Crippen molar-refractivity contribution in [2.75, 3.05) is 24.6 Å². The zero-order valence-electron chi connectivity index (χ0n) is 10.8. The minimum Gasteiger partial charge on any atom is -0.373 e. The van der Waals surface area contributed by atoms with Gasteiger partial charge in [0.15, 0.2) is 0 Å². The first-order valence-electron chi connectivity index (χ1n) is 6.14. The molecular formula is C12H15ClF3N3O. The topological polar surface area (TPSA) is 51.4 Å². The van der Waals surface area contributed by atoms with Crippen LogP contribution in [-0.4, -0.2) is 36.8 Å². The van der Waals surface area contributed by atoms with Gasteiger partial charge in [0.1, 0.15) is 5.82 Å². The Kier molecular flexibility index (Phi) is 4.41. The molecular weight excluding hydrogens is 295 g/mol. The summed E-state index contributed by atoms with van der Waals surface area (Å²) in [6.07, 6.45) is -3.85. The van der Waals surface area contributed by atoms with Gasteiger partial charge >= 0.3 is 6.18 Å². The van der Waals surface area contributed by atoms with E-state index in [1.54, 1.807) is 4.90 Å². The van der Waals surface area contributed by atoms with Crippen molar-refractivity contribution in [3.05, 3.63) is 22.8 Å². The van der Waals surface area contributed by atoms with Crippen LogP contribution in [0.3, 0.4) is 0 Å². The Morgan fingerprint density at radius 2 is 2.25 bits per heavy atom. The molecule has 112 valence electrons. The van der Waals surface area contributed by atoms with Crippen molar-refractivity contribution in [2.45, 2.75) is 25.2 Å². The fraction of sp³-hybridized carbons (Fsp3) is 0.583. The summed E-state index contributed by atoms with van der Waals surface area (Å²) < 4.78 is 43.2. The Balaban J connectivity index is 2.21. The Morgan fingerprint density at radius 3 is 2.80 bits per heavy atom. The van der Waals surface area contributed by atoms with Gasteiger partial charge < -0.3 is 15.4 Å². The van der Waals surface area contributed by atoms with E-state index < -0.39 is 11.7 Å². The van der Waals surface area contributed by atoms with Gasteiger partial charge in [-0.1, -0.05) is 11.6 Å². The summed E-state index contributed by atoms with van der Waals surface area (Å²) in [5.74, 6) is 0.327. The average molecular weight is 310 g/mol. The molecule has 0 bridgehead atoms. The molecule has 1 aromatic rings. The smallest absolute Gasteiger partial charge is 0.373 e. The number of morpholine rings is 1. The minimum absolute atomic E-state index is 0.0230. The Labute approximate surface area is 119 Å². The third kappa shape index (κ3) is 3.34. The molecule has 2 N–H and O–H groups in total. The van der Waals surface area contributed by atoms with Gasteiger partial charge in [-0.05, 0) is 13.0 Å². The van der Waals surface area contributed by atoms with Gasteiger partial charge in [0, 0.05) is 25.3 Å². The molecule has 2 unspecified atom stereocenters. The van der Waals surface area contributed by atoms with E-state index in [9.17, 15) is 13.2 Å². The van der Waals surface area contributed by atoms with Crippen molar-refractivity contribution in [1.29, 1.82) is 0 Å². The van der Waals surface area contributed by atoms with Gasteiger partial charge in [-0.3, -0.25) is 0 Å². The van der Waals surface area contributed by atoms with Gasteiger partial charge in [0.05, 0.1) is 23.3 Å². The normalized spacial score (nSPS) is 21.9. The highest BCUT2D eigenvalue weighted by atomic mass is 35.5. The van der Waals surface area contributed by atoms with Crippen LogP contribution in [0.2, 0.25) is 5.02 Å². The van der Waals surface area contributed by atoms with E-state index in [1.165, 1.54) is 0 Å². The highest BCUT2D eigenvalue weighted by Crippen LogP contribution is 2.33. The highest BCUT2D eigenvalue weighted by molar-refractivity contribution is 6.33. The lowest BCUT2D eigenvalue weighted by atomic mass is 10.1. The molecule has 1 aromatic heterocycles. The van der Waals surface area contributed by atoms with Crippen molar-refractivity contribution >= 4 is 17.4 Å². The van der Waals surface area contributed by atoms with Crippen LogP contribution in [0.25, 0.3) is 0 Å². The molecule has 2 atom stereocenters. The number of pyridine rings is 1. The van der Waals surface area contributed by atoms with Crippen molar-refractivity contribution < 1.29 is 17.9 Å². The molecule has 1 aliphatic rings. The Bertz CT molecular complexity index is 482. The van der Waals surface area contributed by atoms with E-state index in [0.717, 1.165) is 12.3 Å². The van der Waals surface area contributed by atoms with Crippen LogP contribution in [-0.2, 0) is 10.9 Å². The molecule has 0 saturated carbocycles. The predicted octanol–water partition coefficient (Wildman–Crippen LogP) is 2.31. The van der Waals surface area contributed by atoms with Crippen LogP contribution in [0.5, 0.6) is 0 Å². The largest absolute Gasteiger partial charge is 0.417 e. The van der Waals surface area contributed by atoms with Crippen LogP contribution < -0.4 is 10.6 Å². The Morgan fingerprint density at radius 1 is 1.55 bits per heavy atom. The average Bonchev–Trinajstić information content (AvgIpc) is 2.37. The van der Waals surface area contributed by atoms with Crippen molar-refractivity contribution in [3.63, 3.8) is 0 Å². The van der Waals surface area contributed by atoms with Gasteiger partial charge in [-0.2, -0.15) is 13.2 Å². The summed E-state index contributed by atoms with van der Waals surface area (Å²) in [6.45, 7) is 3.22. The standard InChI is InChI=1S/C12H15ClF3N3O/c1-7(17)10-6-19(2-3-20-10)11-9(13)4-8(5-18-11)12(14,15)16/h4-5,7,10H,2-3,6,17H2,1H3. The van der Waals surface area contributed by atoms with Gasteiger partial charge in [0.2, 0.25) is 0 Å². The molecule has 0 amide bonds. The molecule has 8 heteroatoms. The summed E-state index contributed by atoms with van der Waals surface area (Å²) in [5, 5.41) is -0.0230. The van der Waals surface area contributed by atoms with E-state index in [0.29, 0.717) is 25.5 Å². The number of nitrogens with zero attached hydrogens (tertiary/aromatic N) is 2. The number of hydrogen-bond acceptors (Lipinski definition) is 4. The van der Waals surface area contributed by atoms with Crippen molar-refractivity contribution in [3.8, 4) is 0 Å². The first-order chi connectivity index (χ1) is 9.29. The van der Waals surface area contributed by atoms with Gasteiger partial charge in [0.25, 0.3) is 0 Å². The minimum atomic E-state index is -4.45. The lowest BCUT2D eigenvalue weighted by Gasteiger charge is -2.35. The van der Waals surface area contributed by atoms with Crippen LogP contribution >= 0.6 is 11.6 Å². The van der Waals surface area contributed by atoms with Crippen LogP contribution in [0.15, 0.2) is 12.3 Å². The molecule has 0 radical (unpaired) electrons. The second-order valence-electron chi connectivity index (χ2n) is 4.74. The second kappa shape index (κ2) is 5.75. The SMILES string of the molecule is CC(N)C1CN(c2ncc(C(F)(F)F)cc2Cl)CCO1. The van der Waals surface area contributed by atoms with Crippen molar-refractivity contribution in [1.82, 2.24) is 4.98 Å². The summed E-state index contributed by atoms with van der Waals surface area (Å²) in [4.78, 5) is 5.63. The number of hydrogen-bond donors (Lipinski definition) is 1. The Hall–Kier alpha value is -1.05. The van der Waals surface area contributed by atoms with E-state index in [2.05, 4.69) is 4.98 Å². The predicted molar refractivity (Wildman–Crippen MR) is 69.9 cm³/mol. The van der Waals surface area contributed by atoms with Crippen LogP contribution in [0.1, 0.15) is 12.5 Å². The monoisotopic (exact) mass is 309 g/mol. The first-order valence-corrected chi connectivity index (χ1v) is 6.51. The quantitative estimate of drug-likeness (QED) is 0.911. The molecule has 0 aliphatic carbocycles. The maximum Gasteiger partial charge on any atom is 0.417 e. The lowest BCUT2D eigenvalue weighted by molar-refractivity contribution is -0.137. The zero-order valence-corrected chi connectivity index (χ0v) is 11.6. The highest BCUT2D eigenvalue weighted by Gasteiger charge is 2.32. The number of alkyl halides is 3. The molecule has 1 saturated heterocycles. The number of rotatable bonds is 2. The fourth-order valence-corrected chi connectivity index (χ4v) is 2.29. The number of ether oxygens (including phenoxy) is 1. The molecule has 4 nitrogen and oxygen atoms in total. The number of aromatic nitrogens is 1. The number of nitrogens with two attached hydrogens (primary N) is 1. The van der Waals surface area contributed by atoms with Gasteiger partial charge in [-0.15, -0.1) is 0 Å². The first kappa shape index (κ1) is 15.3. The maximum absolute atomic E-state index is 12.6. The summed E-state index contributed by atoms with van der Waals surface area (Å²) >= 11 is 5.92. The number of halogens is 4. The molecule has 20 heavy (non-hydrogen) atoms. The second-order valence-corrected chi connectivity index (χ2v) is 5.15. The lowest BCUT2D eigenvalue weighted by Crippen LogP contribution is -2.50. The zero-order chi connectivity index (χ0) is 14.9. The third-order valence-electron chi connectivity index (χ3n) is 3.13. The molecule has 0 aromatic carbocycles. The fourth-order valence-electron chi connectivity index (χ4n) is 2.00. The van der Waals surface area contributed by atoms with E-state index in [1.807, 2.05) is 6.92 Å². The molecule has 1 fully saturated rings. The van der Waals surface area contributed by atoms with Crippen LogP contribution in [0, 0.1) is 0 Å². The van der Waals surface area contributed by atoms with E-state index in [-0.39, 0.29) is 17.2 Å². The molecule has 2 rings (SSSR count). The van der Waals surface area contributed by atoms with Gasteiger partial charge in [-0.25, -0.2) is 4.98 Å². The summed E-state index contributed by atoms with van der Waals surface area (Å²) in [5.41, 5.74) is 4.91. The molecule has 0 spiro atoms. The van der Waals surface area contributed by atoms with Crippen LogP contribution in [0.4, 0.5) is 19.0 Å². The summed E-state index contributed by atoms with van der Waals surface area (Å²) in [6, 6.07) is 0.714. The molecule has 1 aliphatic heterocycles. The van der Waals surface area contributed by atoms with Crippen molar-refractivity contribution in [2.24, 2.45) is 5.73 Å².